The first-order chi connectivity index (χ1) is 12.4. The molecule has 0 fully saturated rings. The Hall–Kier alpha value is -2.38. The number of nitrogens with zero attached hydrogens (tertiary/aromatic N) is 2. The lowest BCUT2D eigenvalue weighted by Crippen LogP contribution is -2.32. The van der Waals surface area contributed by atoms with Gasteiger partial charge >= 0.3 is 0 Å². The average molecular weight is 361 g/mol. The van der Waals surface area contributed by atoms with Gasteiger partial charge in [0.25, 0.3) is 5.56 Å². The molecule has 1 N–H and O–H groups in total. The maximum Gasteiger partial charge on any atom is 0.294 e. The van der Waals surface area contributed by atoms with Gasteiger partial charge in [0.2, 0.25) is 0 Å². The lowest BCUT2D eigenvalue weighted by Gasteiger charge is -2.20. The maximum atomic E-state index is 13.0. The predicted molar refractivity (Wildman–Crippen MR) is 102 cm³/mol. The molecule has 7 heteroatoms. The fraction of sp³-hybridized carbons (Fsp3) is 0.474. The van der Waals surface area contributed by atoms with E-state index in [-0.39, 0.29) is 17.4 Å². The van der Waals surface area contributed by atoms with Crippen molar-refractivity contribution in [3.05, 3.63) is 45.5 Å². The molecule has 0 radical (unpaired) electrons. The van der Waals surface area contributed by atoms with E-state index in [4.69, 9.17) is 14.2 Å². The molecule has 0 aliphatic heterocycles. The van der Waals surface area contributed by atoms with E-state index in [0.717, 1.165) is 16.8 Å². The zero-order chi connectivity index (χ0) is 19.3. The second-order valence-corrected chi connectivity index (χ2v) is 6.29. The zero-order valence-corrected chi connectivity index (χ0v) is 16.3. The highest BCUT2D eigenvalue weighted by Gasteiger charge is 2.18. The third-order valence-corrected chi connectivity index (χ3v) is 4.07. The van der Waals surface area contributed by atoms with Gasteiger partial charge in [-0.25, -0.2) is 4.98 Å². The lowest BCUT2D eigenvalue weighted by atomic mass is 10.1. The molecule has 0 saturated carbocycles. The molecule has 0 aliphatic carbocycles. The van der Waals surface area contributed by atoms with Crippen LogP contribution < -0.4 is 15.6 Å². The van der Waals surface area contributed by atoms with Gasteiger partial charge in [0.1, 0.15) is 5.75 Å². The van der Waals surface area contributed by atoms with E-state index in [1.54, 1.807) is 32.1 Å². The molecular formula is C19H27N3O4. The van der Waals surface area contributed by atoms with Crippen molar-refractivity contribution in [2.24, 2.45) is 0 Å². The predicted octanol–water partition coefficient (Wildman–Crippen LogP) is 2.75. The number of anilines is 2. The van der Waals surface area contributed by atoms with Crippen LogP contribution in [-0.4, -0.2) is 44.1 Å². The first-order valence-electron chi connectivity index (χ1n) is 8.41. The molecule has 2 rings (SSSR count). The van der Waals surface area contributed by atoms with Crippen LogP contribution in [0.15, 0.2) is 23.1 Å². The van der Waals surface area contributed by atoms with Crippen molar-refractivity contribution in [2.45, 2.75) is 26.8 Å². The first-order valence-corrected chi connectivity index (χ1v) is 8.41. The third-order valence-electron chi connectivity index (χ3n) is 4.07. The van der Waals surface area contributed by atoms with Crippen molar-refractivity contribution in [3.63, 3.8) is 0 Å². The van der Waals surface area contributed by atoms with Crippen molar-refractivity contribution < 1.29 is 14.2 Å². The molecule has 0 saturated heterocycles. The Morgan fingerprint density at radius 1 is 1.12 bits per heavy atom. The minimum Gasteiger partial charge on any atom is -0.495 e. The first kappa shape index (κ1) is 19.9. The van der Waals surface area contributed by atoms with Crippen molar-refractivity contribution in [1.82, 2.24) is 9.55 Å². The number of hydrogen-bond donors (Lipinski definition) is 1. The molecule has 1 heterocycles. The fourth-order valence-electron chi connectivity index (χ4n) is 2.95. The summed E-state index contributed by atoms with van der Waals surface area (Å²) in [6, 6.07) is 3.71. The van der Waals surface area contributed by atoms with Crippen molar-refractivity contribution in [2.75, 3.05) is 39.9 Å². The number of nitrogens with one attached hydrogen (secondary N) is 1. The molecule has 142 valence electrons. The SMILES string of the molecule is COCC(COC)n1cc(C)nc(Nc2c(C)cc(C)cc2OC)c1=O. The van der Waals surface area contributed by atoms with Crippen LogP contribution in [0.2, 0.25) is 0 Å². The molecule has 0 amide bonds. The standard InChI is InChI=1S/C19H27N3O4/c1-12-7-13(2)17(16(8-12)26-6)21-18-19(23)22(9-14(3)20-18)15(10-24-4)11-25-5/h7-9,15H,10-11H2,1-6H3,(H,20,21). The summed E-state index contributed by atoms with van der Waals surface area (Å²) in [6.45, 7) is 6.53. The van der Waals surface area contributed by atoms with Crippen LogP contribution in [0.3, 0.4) is 0 Å². The number of aromatic nitrogens is 2. The molecular weight excluding hydrogens is 334 g/mol. The van der Waals surface area contributed by atoms with E-state index in [9.17, 15) is 4.79 Å². The number of hydrogen-bond acceptors (Lipinski definition) is 6. The summed E-state index contributed by atoms with van der Waals surface area (Å²) in [5.41, 5.74) is 3.26. The van der Waals surface area contributed by atoms with E-state index in [1.807, 2.05) is 32.9 Å². The van der Waals surface area contributed by atoms with Crippen molar-refractivity contribution >= 4 is 11.5 Å². The van der Waals surface area contributed by atoms with Gasteiger partial charge in [-0.3, -0.25) is 4.79 Å². The zero-order valence-electron chi connectivity index (χ0n) is 16.3. The number of benzene rings is 1. The highest BCUT2D eigenvalue weighted by molar-refractivity contribution is 5.68. The summed E-state index contributed by atoms with van der Waals surface area (Å²) < 4.78 is 17.5. The number of rotatable bonds is 8. The topological polar surface area (TPSA) is 74.6 Å². The quantitative estimate of drug-likeness (QED) is 0.779. The van der Waals surface area contributed by atoms with Crippen LogP contribution in [0.5, 0.6) is 5.75 Å². The molecule has 1 aromatic carbocycles. The van der Waals surface area contributed by atoms with Crippen molar-refractivity contribution in [3.8, 4) is 5.75 Å². The minimum absolute atomic E-state index is 0.235. The van der Waals surface area contributed by atoms with Crippen LogP contribution in [0.25, 0.3) is 0 Å². The van der Waals surface area contributed by atoms with Gasteiger partial charge in [-0.15, -0.1) is 0 Å². The summed E-state index contributed by atoms with van der Waals surface area (Å²) >= 11 is 0. The number of methoxy groups -OCH3 is 3. The summed E-state index contributed by atoms with van der Waals surface area (Å²) in [7, 11) is 4.80. The normalized spacial score (nSPS) is 11.0. The van der Waals surface area contributed by atoms with Gasteiger partial charge in [-0.1, -0.05) is 6.07 Å². The summed E-state index contributed by atoms with van der Waals surface area (Å²) in [5, 5.41) is 3.16. The average Bonchev–Trinajstić information content (AvgIpc) is 2.59. The van der Waals surface area contributed by atoms with Gasteiger partial charge in [-0.05, 0) is 38.0 Å². The highest BCUT2D eigenvalue weighted by Crippen LogP contribution is 2.31. The van der Waals surface area contributed by atoms with E-state index >= 15 is 0 Å². The van der Waals surface area contributed by atoms with Crippen LogP contribution in [0.1, 0.15) is 22.9 Å². The molecule has 0 unspecified atom stereocenters. The second-order valence-electron chi connectivity index (χ2n) is 6.29. The van der Waals surface area contributed by atoms with E-state index in [1.165, 1.54) is 0 Å². The maximum absolute atomic E-state index is 13.0. The largest absolute Gasteiger partial charge is 0.495 e. The Morgan fingerprint density at radius 2 is 1.77 bits per heavy atom. The van der Waals surface area contributed by atoms with Crippen LogP contribution in [-0.2, 0) is 9.47 Å². The summed E-state index contributed by atoms with van der Waals surface area (Å²) in [5.74, 6) is 0.912. The van der Waals surface area contributed by atoms with E-state index < -0.39 is 0 Å². The van der Waals surface area contributed by atoms with Gasteiger partial charge in [-0.2, -0.15) is 0 Å². The van der Waals surface area contributed by atoms with E-state index in [2.05, 4.69) is 10.3 Å². The Balaban J connectivity index is 2.50. The number of aryl methyl sites for hydroxylation is 3. The minimum atomic E-state index is -0.239. The molecule has 1 aromatic heterocycles. The van der Waals surface area contributed by atoms with Gasteiger partial charge in [0.05, 0.1) is 37.7 Å². The van der Waals surface area contributed by atoms with Crippen LogP contribution in [0, 0.1) is 20.8 Å². The summed E-state index contributed by atoms with van der Waals surface area (Å²) in [6.07, 6.45) is 1.72. The molecule has 2 aromatic rings. The molecule has 0 atom stereocenters. The third kappa shape index (κ3) is 4.42. The Morgan fingerprint density at radius 3 is 2.35 bits per heavy atom. The lowest BCUT2D eigenvalue weighted by molar-refractivity contribution is 0.0878. The highest BCUT2D eigenvalue weighted by atomic mass is 16.5. The molecule has 0 aliphatic rings. The van der Waals surface area contributed by atoms with E-state index in [0.29, 0.717) is 24.7 Å². The monoisotopic (exact) mass is 361 g/mol. The van der Waals surface area contributed by atoms with Crippen molar-refractivity contribution in [1.29, 1.82) is 0 Å². The van der Waals surface area contributed by atoms with Gasteiger partial charge in [0, 0.05) is 20.4 Å². The second kappa shape index (κ2) is 8.82. The molecule has 7 nitrogen and oxygen atoms in total. The Kier molecular flexibility index (Phi) is 6.76. The van der Waals surface area contributed by atoms with Gasteiger partial charge in [0.15, 0.2) is 5.82 Å². The van der Waals surface area contributed by atoms with Gasteiger partial charge < -0.3 is 24.1 Å². The fourth-order valence-corrected chi connectivity index (χ4v) is 2.95. The summed E-state index contributed by atoms with van der Waals surface area (Å²) in [4.78, 5) is 17.4. The Bertz CT molecular complexity index is 811. The Labute approximate surface area is 153 Å². The smallest absolute Gasteiger partial charge is 0.294 e. The van der Waals surface area contributed by atoms with Crippen LogP contribution in [0.4, 0.5) is 11.5 Å². The van der Waals surface area contributed by atoms with Crippen LogP contribution >= 0.6 is 0 Å². The molecule has 0 bridgehead atoms. The molecule has 26 heavy (non-hydrogen) atoms. The molecule has 0 spiro atoms. The number of ether oxygens (including phenoxy) is 3.